The first-order valence-electron chi connectivity index (χ1n) is 7.34. The Morgan fingerprint density at radius 3 is 2.39 bits per heavy atom. The number of carboxylic acid groups (broad SMARTS) is 1. The van der Waals surface area contributed by atoms with Gasteiger partial charge in [-0.15, -0.1) is 11.3 Å². The molecule has 0 spiro atoms. The number of aliphatic imine (C=N–C) groups is 1. The van der Waals surface area contributed by atoms with Gasteiger partial charge in [0.05, 0.1) is 10.6 Å². The zero-order valence-corrected chi connectivity index (χ0v) is 13.4. The summed E-state index contributed by atoms with van der Waals surface area (Å²) in [5.41, 5.74) is 7.87. The number of carbonyl (C=O) groups is 1. The maximum atomic E-state index is 10.9. The van der Waals surface area contributed by atoms with Crippen LogP contribution >= 0.6 is 11.3 Å². The van der Waals surface area contributed by atoms with Crippen molar-refractivity contribution in [2.75, 3.05) is 31.1 Å². The van der Waals surface area contributed by atoms with Crippen LogP contribution in [0, 0.1) is 0 Å². The molecule has 0 unspecified atom stereocenters. The van der Waals surface area contributed by atoms with Crippen LogP contribution in [0.2, 0.25) is 0 Å². The fraction of sp³-hybridized carbons (Fsp3) is 0.250. The third-order valence-corrected chi connectivity index (χ3v) is 4.68. The number of nitrogens with two attached hydrogens (primary N) is 1. The highest BCUT2D eigenvalue weighted by atomic mass is 32.1. The molecule has 0 radical (unpaired) electrons. The van der Waals surface area contributed by atoms with Crippen LogP contribution in [0.3, 0.4) is 0 Å². The summed E-state index contributed by atoms with van der Waals surface area (Å²) in [5, 5.41) is 10.9. The molecule has 7 heteroatoms. The van der Waals surface area contributed by atoms with Gasteiger partial charge in [-0.1, -0.05) is 6.07 Å². The highest BCUT2D eigenvalue weighted by Crippen LogP contribution is 2.22. The van der Waals surface area contributed by atoms with Gasteiger partial charge in [-0.05, 0) is 35.7 Å². The molecule has 0 bridgehead atoms. The Hall–Kier alpha value is -2.54. The normalized spacial score (nSPS) is 15.7. The minimum absolute atomic E-state index is 0.517. The zero-order chi connectivity index (χ0) is 16.2. The molecule has 23 heavy (non-hydrogen) atoms. The van der Waals surface area contributed by atoms with Crippen LogP contribution in [-0.4, -0.2) is 48.1 Å². The lowest BCUT2D eigenvalue weighted by molar-refractivity contribution is 0.142. The number of thiophene rings is 1. The molecular formula is C16H18N4O2S. The van der Waals surface area contributed by atoms with Crippen molar-refractivity contribution in [2.45, 2.75) is 0 Å². The fourth-order valence-electron chi connectivity index (χ4n) is 2.51. The minimum atomic E-state index is -0.849. The molecule has 0 atom stereocenters. The summed E-state index contributed by atoms with van der Waals surface area (Å²) in [6.07, 6.45) is -0.849. The van der Waals surface area contributed by atoms with Gasteiger partial charge in [-0.3, -0.25) is 0 Å². The third-order valence-electron chi connectivity index (χ3n) is 3.79. The molecular weight excluding hydrogens is 312 g/mol. The smallest absolute Gasteiger partial charge is 0.407 e. The molecule has 1 aliphatic heterocycles. The molecule has 1 fully saturated rings. The second kappa shape index (κ2) is 6.70. The molecule has 1 saturated heterocycles. The molecule has 0 saturated carbocycles. The van der Waals surface area contributed by atoms with Crippen LogP contribution in [0.15, 0.2) is 46.8 Å². The second-order valence-corrected chi connectivity index (χ2v) is 6.20. The number of amidine groups is 1. The van der Waals surface area contributed by atoms with Gasteiger partial charge >= 0.3 is 6.09 Å². The highest BCUT2D eigenvalue weighted by molar-refractivity contribution is 7.12. The minimum Gasteiger partial charge on any atom is -0.465 e. The zero-order valence-electron chi connectivity index (χ0n) is 12.6. The summed E-state index contributed by atoms with van der Waals surface area (Å²) in [7, 11) is 0. The van der Waals surface area contributed by atoms with E-state index in [0.29, 0.717) is 32.0 Å². The van der Waals surface area contributed by atoms with Crippen molar-refractivity contribution >= 4 is 34.6 Å². The van der Waals surface area contributed by atoms with Crippen LogP contribution in [0.1, 0.15) is 4.88 Å². The van der Waals surface area contributed by atoms with Gasteiger partial charge in [-0.2, -0.15) is 0 Å². The van der Waals surface area contributed by atoms with Crippen molar-refractivity contribution in [1.82, 2.24) is 4.90 Å². The van der Waals surface area contributed by atoms with Crippen molar-refractivity contribution in [3.05, 3.63) is 46.7 Å². The number of amides is 1. The number of hydrogen-bond acceptors (Lipinski definition) is 4. The second-order valence-electron chi connectivity index (χ2n) is 5.25. The molecule has 1 aliphatic rings. The first-order valence-corrected chi connectivity index (χ1v) is 8.22. The van der Waals surface area contributed by atoms with Crippen LogP contribution < -0.4 is 10.6 Å². The summed E-state index contributed by atoms with van der Waals surface area (Å²) in [6.45, 7) is 2.46. The van der Waals surface area contributed by atoms with Crippen molar-refractivity contribution in [3.8, 4) is 0 Å². The summed E-state index contributed by atoms with van der Waals surface area (Å²) < 4.78 is 0. The molecule has 0 aliphatic carbocycles. The standard InChI is InChI=1S/C16H18N4O2S/c17-15(14-2-1-11-23-14)18-12-3-5-13(6-4-12)19-7-9-20(10-8-19)16(21)22/h1-6,11H,7-10H2,(H2,17,18)(H,21,22). The van der Waals surface area contributed by atoms with E-state index in [0.717, 1.165) is 16.3 Å². The van der Waals surface area contributed by atoms with E-state index in [1.807, 2.05) is 41.8 Å². The van der Waals surface area contributed by atoms with Crippen LogP contribution in [0.5, 0.6) is 0 Å². The lowest BCUT2D eigenvalue weighted by Crippen LogP contribution is -2.48. The van der Waals surface area contributed by atoms with E-state index < -0.39 is 6.09 Å². The van der Waals surface area contributed by atoms with Crippen molar-refractivity contribution in [3.63, 3.8) is 0 Å². The van der Waals surface area contributed by atoms with Gasteiger partial charge < -0.3 is 20.6 Å². The average molecular weight is 330 g/mol. The Morgan fingerprint density at radius 1 is 1.13 bits per heavy atom. The first kappa shape index (κ1) is 15.4. The number of nitrogens with zero attached hydrogens (tertiary/aromatic N) is 3. The quantitative estimate of drug-likeness (QED) is 0.669. The van der Waals surface area contributed by atoms with Crippen LogP contribution in [0.4, 0.5) is 16.2 Å². The molecule has 6 nitrogen and oxygen atoms in total. The Balaban J connectivity index is 1.66. The van der Waals surface area contributed by atoms with Crippen LogP contribution in [-0.2, 0) is 0 Å². The van der Waals surface area contributed by atoms with E-state index in [1.54, 1.807) is 11.3 Å². The lowest BCUT2D eigenvalue weighted by atomic mass is 10.2. The predicted octanol–water partition coefficient (Wildman–Crippen LogP) is 2.59. The Labute approximate surface area is 138 Å². The van der Waals surface area contributed by atoms with Gasteiger partial charge in [0.15, 0.2) is 0 Å². The summed E-state index contributed by atoms with van der Waals surface area (Å²) in [6, 6.07) is 11.7. The van der Waals surface area contributed by atoms with Gasteiger partial charge in [0.1, 0.15) is 5.84 Å². The largest absolute Gasteiger partial charge is 0.465 e. The Bertz CT molecular complexity index is 689. The SMILES string of the molecule is N/C(=N\c1ccc(N2CCN(C(=O)O)CC2)cc1)c1cccs1. The Kier molecular flexibility index (Phi) is 4.47. The highest BCUT2D eigenvalue weighted by Gasteiger charge is 2.20. The molecule has 1 aromatic heterocycles. The molecule has 1 amide bonds. The van der Waals surface area contributed by atoms with Crippen LogP contribution in [0.25, 0.3) is 0 Å². The summed E-state index contributed by atoms with van der Waals surface area (Å²) in [5.74, 6) is 0.517. The van der Waals surface area contributed by atoms with Gasteiger partial charge in [0, 0.05) is 31.9 Å². The van der Waals surface area contributed by atoms with E-state index in [2.05, 4.69) is 9.89 Å². The third kappa shape index (κ3) is 3.62. The molecule has 120 valence electrons. The number of piperazine rings is 1. The predicted molar refractivity (Wildman–Crippen MR) is 93.0 cm³/mol. The molecule has 1 aromatic carbocycles. The van der Waals surface area contributed by atoms with Crippen molar-refractivity contribution in [1.29, 1.82) is 0 Å². The van der Waals surface area contributed by atoms with E-state index in [-0.39, 0.29) is 0 Å². The summed E-state index contributed by atoms with van der Waals surface area (Å²) in [4.78, 5) is 19.9. The molecule has 2 aromatic rings. The monoisotopic (exact) mass is 330 g/mol. The number of hydrogen-bond donors (Lipinski definition) is 2. The van der Waals surface area contributed by atoms with E-state index >= 15 is 0 Å². The summed E-state index contributed by atoms with van der Waals surface area (Å²) >= 11 is 1.56. The van der Waals surface area contributed by atoms with E-state index in [1.165, 1.54) is 4.90 Å². The van der Waals surface area contributed by atoms with Gasteiger partial charge in [0.2, 0.25) is 0 Å². The van der Waals surface area contributed by atoms with Gasteiger partial charge in [-0.25, -0.2) is 9.79 Å². The Morgan fingerprint density at radius 2 is 1.83 bits per heavy atom. The molecule has 2 heterocycles. The maximum absolute atomic E-state index is 10.9. The first-order chi connectivity index (χ1) is 11.1. The fourth-order valence-corrected chi connectivity index (χ4v) is 3.14. The topological polar surface area (TPSA) is 82.2 Å². The van der Waals surface area contributed by atoms with E-state index in [9.17, 15) is 4.79 Å². The van der Waals surface area contributed by atoms with E-state index in [4.69, 9.17) is 10.8 Å². The lowest BCUT2D eigenvalue weighted by Gasteiger charge is -2.34. The number of rotatable bonds is 3. The van der Waals surface area contributed by atoms with Crippen molar-refractivity contribution in [2.24, 2.45) is 10.7 Å². The maximum Gasteiger partial charge on any atom is 0.407 e. The number of anilines is 1. The number of benzene rings is 1. The average Bonchev–Trinajstić information content (AvgIpc) is 3.10. The van der Waals surface area contributed by atoms with Crippen molar-refractivity contribution < 1.29 is 9.90 Å². The molecule has 3 N–H and O–H groups in total. The molecule has 3 rings (SSSR count). The van der Waals surface area contributed by atoms with Gasteiger partial charge in [0.25, 0.3) is 0 Å².